The van der Waals surface area contributed by atoms with Crippen molar-refractivity contribution in [3.63, 3.8) is 0 Å². The SMILES string of the molecule is Cl.O=C(Cn1cc(C(=O)N2CCC(N3CCNCC3)C2)cn1)NC1CCCCC1. The van der Waals surface area contributed by atoms with Crippen molar-refractivity contribution in [2.24, 2.45) is 0 Å². The first kappa shape index (κ1) is 22.1. The van der Waals surface area contributed by atoms with Gasteiger partial charge in [-0.05, 0) is 19.3 Å². The number of piperazine rings is 1. The molecule has 1 aromatic heterocycles. The normalized spacial score (nSPS) is 23.6. The van der Waals surface area contributed by atoms with E-state index in [1.165, 1.54) is 19.3 Å². The molecule has 1 aliphatic carbocycles. The van der Waals surface area contributed by atoms with Crippen molar-refractivity contribution in [2.75, 3.05) is 39.3 Å². The molecule has 4 rings (SSSR count). The molecule has 1 unspecified atom stereocenters. The lowest BCUT2D eigenvalue weighted by Crippen LogP contribution is -2.49. The van der Waals surface area contributed by atoms with Crippen LogP contribution in [0.15, 0.2) is 12.4 Å². The van der Waals surface area contributed by atoms with E-state index in [-0.39, 0.29) is 30.8 Å². The van der Waals surface area contributed by atoms with E-state index in [1.54, 1.807) is 17.1 Å². The highest BCUT2D eigenvalue weighted by Crippen LogP contribution is 2.19. The average molecular weight is 425 g/mol. The standard InChI is InChI=1S/C20H32N6O2.ClH/c27-19(23-17-4-2-1-3-5-17)15-26-13-16(12-22-26)20(28)25-9-6-18(14-25)24-10-7-21-8-11-24;/h12-13,17-18,21H,1-11,14-15H2,(H,23,27);1H. The van der Waals surface area contributed by atoms with E-state index < -0.39 is 0 Å². The first-order valence-corrected chi connectivity index (χ1v) is 10.7. The van der Waals surface area contributed by atoms with Crippen LogP contribution in [-0.2, 0) is 11.3 Å². The Morgan fingerprint density at radius 1 is 1.10 bits per heavy atom. The van der Waals surface area contributed by atoms with E-state index in [9.17, 15) is 9.59 Å². The number of rotatable bonds is 5. The molecule has 29 heavy (non-hydrogen) atoms. The summed E-state index contributed by atoms with van der Waals surface area (Å²) < 4.78 is 1.58. The summed E-state index contributed by atoms with van der Waals surface area (Å²) in [6.07, 6.45) is 10.1. The van der Waals surface area contributed by atoms with E-state index in [0.29, 0.717) is 17.6 Å². The Balaban J connectivity index is 0.00000240. The molecule has 0 bridgehead atoms. The van der Waals surface area contributed by atoms with Crippen molar-refractivity contribution in [1.29, 1.82) is 0 Å². The maximum absolute atomic E-state index is 12.8. The number of amides is 2. The van der Waals surface area contributed by atoms with Gasteiger partial charge in [-0.25, -0.2) is 0 Å². The second-order valence-corrected chi connectivity index (χ2v) is 8.31. The first-order valence-electron chi connectivity index (χ1n) is 10.7. The second kappa shape index (κ2) is 10.4. The summed E-state index contributed by atoms with van der Waals surface area (Å²) in [5.41, 5.74) is 0.575. The van der Waals surface area contributed by atoms with Gasteiger partial charge in [0.05, 0.1) is 11.8 Å². The van der Waals surface area contributed by atoms with Crippen LogP contribution in [0.3, 0.4) is 0 Å². The maximum atomic E-state index is 12.8. The predicted molar refractivity (Wildman–Crippen MR) is 113 cm³/mol. The highest BCUT2D eigenvalue weighted by molar-refractivity contribution is 5.94. The molecule has 2 aliphatic heterocycles. The summed E-state index contributed by atoms with van der Waals surface area (Å²) in [6, 6.07) is 0.756. The van der Waals surface area contributed by atoms with Crippen molar-refractivity contribution in [1.82, 2.24) is 30.2 Å². The van der Waals surface area contributed by atoms with Gasteiger partial charge in [0, 0.05) is 57.5 Å². The third-order valence-corrected chi connectivity index (χ3v) is 6.27. The molecule has 162 valence electrons. The van der Waals surface area contributed by atoms with E-state index in [0.717, 1.165) is 58.5 Å². The van der Waals surface area contributed by atoms with Gasteiger partial charge in [-0.3, -0.25) is 19.2 Å². The van der Waals surface area contributed by atoms with E-state index in [2.05, 4.69) is 20.6 Å². The van der Waals surface area contributed by atoms with Gasteiger partial charge in [-0.15, -0.1) is 12.4 Å². The number of hydrogen-bond acceptors (Lipinski definition) is 5. The predicted octanol–water partition coefficient (Wildman–Crippen LogP) is 0.874. The summed E-state index contributed by atoms with van der Waals surface area (Å²) in [5.74, 6) is 0.00511. The van der Waals surface area contributed by atoms with E-state index in [4.69, 9.17) is 0 Å². The van der Waals surface area contributed by atoms with Gasteiger partial charge in [-0.1, -0.05) is 19.3 Å². The average Bonchev–Trinajstić information content (AvgIpc) is 3.39. The van der Waals surface area contributed by atoms with Crippen LogP contribution in [0.25, 0.3) is 0 Å². The quantitative estimate of drug-likeness (QED) is 0.733. The fraction of sp³-hybridized carbons (Fsp3) is 0.750. The highest BCUT2D eigenvalue weighted by atomic mass is 35.5. The molecule has 2 amide bonds. The van der Waals surface area contributed by atoms with Gasteiger partial charge in [0.15, 0.2) is 0 Å². The number of hydrogen-bond donors (Lipinski definition) is 2. The minimum Gasteiger partial charge on any atom is -0.352 e. The Labute approximate surface area is 178 Å². The van der Waals surface area contributed by atoms with Crippen molar-refractivity contribution >= 4 is 24.2 Å². The molecule has 1 saturated carbocycles. The van der Waals surface area contributed by atoms with Gasteiger partial charge in [0.25, 0.3) is 5.91 Å². The molecular formula is C20H33ClN6O2. The van der Waals surface area contributed by atoms with Crippen LogP contribution in [0.2, 0.25) is 0 Å². The lowest BCUT2D eigenvalue weighted by atomic mass is 9.95. The molecule has 0 radical (unpaired) electrons. The Morgan fingerprint density at radius 2 is 1.86 bits per heavy atom. The molecule has 9 heteroatoms. The molecule has 0 aromatic carbocycles. The van der Waals surface area contributed by atoms with Gasteiger partial charge in [-0.2, -0.15) is 5.10 Å². The van der Waals surface area contributed by atoms with Crippen LogP contribution in [0, 0.1) is 0 Å². The first-order chi connectivity index (χ1) is 13.7. The number of likely N-dealkylation sites (tertiary alicyclic amines) is 1. The van der Waals surface area contributed by atoms with E-state index in [1.807, 2.05) is 4.90 Å². The molecule has 8 nitrogen and oxygen atoms in total. The Hall–Kier alpha value is -1.64. The molecule has 3 fully saturated rings. The highest BCUT2D eigenvalue weighted by Gasteiger charge is 2.31. The zero-order chi connectivity index (χ0) is 19.3. The van der Waals surface area contributed by atoms with Crippen molar-refractivity contribution in [3.05, 3.63) is 18.0 Å². The molecule has 0 spiro atoms. The van der Waals surface area contributed by atoms with Crippen LogP contribution >= 0.6 is 12.4 Å². The van der Waals surface area contributed by atoms with Crippen LogP contribution in [0.1, 0.15) is 48.9 Å². The third-order valence-electron chi connectivity index (χ3n) is 6.27. The van der Waals surface area contributed by atoms with Crippen molar-refractivity contribution < 1.29 is 9.59 Å². The molecule has 3 aliphatic rings. The summed E-state index contributed by atoms with van der Waals surface area (Å²) >= 11 is 0. The lowest BCUT2D eigenvalue weighted by molar-refractivity contribution is -0.122. The number of carbonyl (C=O) groups is 2. The second-order valence-electron chi connectivity index (χ2n) is 8.31. The molecule has 1 atom stereocenters. The van der Waals surface area contributed by atoms with Gasteiger partial charge in [0.1, 0.15) is 6.54 Å². The van der Waals surface area contributed by atoms with Crippen LogP contribution in [-0.4, -0.2) is 82.7 Å². The Morgan fingerprint density at radius 3 is 2.62 bits per heavy atom. The minimum absolute atomic E-state index is 0. The van der Waals surface area contributed by atoms with Gasteiger partial charge < -0.3 is 15.5 Å². The summed E-state index contributed by atoms with van der Waals surface area (Å²) in [7, 11) is 0. The Bertz CT molecular complexity index is 684. The maximum Gasteiger partial charge on any atom is 0.257 e. The summed E-state index contributed by atoms with van der Waals surface area (Å²) in [4.78, 5) is 29.5. The number of nitrogens with zero attached hydrogens (tertiary/aromatic N) is 4. The molecule has 2 N–H and O–H groups in total. The smallest absolute Gasteiger partial charge is 0.257 e. The molecule has 1 aromatic rings. The topological polar surface area (TPSA) is 82.5 Å². The zero-order valence-electron chi connectivity index (χ0n) is 17.0. The van der Waals surface area contributed by atoms with Crippen LogP contribution in [0.4, 0.5) is 0 Å². The van der Waals surface area contributed by atoms with Crippen molar-refractivity contribution in [2.45, 2.75) is 57.2 Å². The van der Waals surface area contributed by atoms with Crippen LogP contribution in [0.5, 0.6) is 0 Å². The molecular weight excluding hydrogens is 392 g/mol. The number of aromatic nitrogens is 2. The Kier molecular flexibility index (Phi) is 7.91. The minimum atomic E-state index is -0.0195. The van der Waals surface area contributed by atoms with E-state index >= 15 is 0 Å². The zero-order valence-corrected chi connectivity index (χ0v) is 17.8. The largest absolute Gasteiger partial charge is 0.352 e. The molecule has 2 saturated heterocycles. The number of nitrogens with one attached hydrogen (secondary N) is 2. The monoisotopic (exact) mass is 424 g/mol. The van der Waals surface area contributed by atoms with Gasteiger partial charge in [0.2, 0.25) is 5.91 Å². The number of halogens is 1. The van der Waals surface area contributed by atoms with Crippen molar-refractivity contribution in [3.8, 4) is 0 Å². The summed E-state index contributed by atoms with van der Waals surface area (Å²) in [5, 5.41) is 10.7. The fourth-order valence-corrected chi connectivity index (χ4v) is 4.68. The number of carbonyl (C=O) groups excluding carboxylic acids is 2. The fourth-order valence-electron chi connectivity index (χ4n) is 4.68. The van der Waals surface area contributed by atoms with Crippen LogP contribution < -0.4 is 10.6 Å². The molecule has 3 heterocycles. The summed E-state index contributed by atoms with van der Waals surface area (Å²) in [6.45, 7) is 5.92. The van der Waals surface area contributed by atoms with Gasteiger partial charge >= 0.3 is 0 Å². The third kappa shape index (κ3) is 5.71. The lowest BCUT2D eigenvalue weighted by Gasteiger charge is -2.32.